The first kappa shape index (κ1) is 20.8. The number of benzene rings is 1. The van der Waals surface area contributed by atoms with Crippen LogP contribution >= 0.6 is 0 Å². The molecule has 1 heterocycles. The highest BCUT2D eigenvalue weighted by atomic mass is 16.3. The first-order valence-corrected chi connectivity index (χ1v) is 9.91. The van der Waals surface area contributed by atoms with Gasteiger partial charge in [-0.15, -0.1) is 0 Å². The normalized spacial score (nSPS) is 21.8. The Morgan fingerprint density at radius 2 is 2.03 bits per heavy atom. The molecule has 1 saturated carbocycles. The molecule has 0 radical (unpaired) electrons. The zero-order chi connectivity index (χ0) is 20.8. The van der Waals surface area contributed by atoms with Crippen LogP contribution < -0.4 is 10.6 Å². The van der Waals surface area contributed by atoms with Gasteiger partial charge in [-0.05, 0) is 37.8 Å². The standard InChI is InChI=1S/C22H28N4O3/c1-15-18(14-26(2)25-15)13-23-22(29)17-9-10-19(20(27)12-17)24-21(28)11-8-16-6-4-3-5-7-16/h3-8,11,14,17,19-20,27H,9-10,12-13H2,1-2H3,(H,23,29)(H,24,28)/t17-,19+,20+/m0/s1. The molecule has 154 valence electrons. The minimum atomic E-state index is -0.742. The van der Waals surface area contributed by atoms with E-state index in [-0.39, 0.29) is 23.8 Å². The van der Waals surface area contributed by atoms with Crippen LogP contribution in [0.25, 0.3) is 6.08 Å². The molecule has 3 atom stereocenters. The molecule has 0 aliphatic heterocycles. The third kappa shape index (κ3) is 5.77. The van der Waals surface area contributed by atoms with Gasteiger partial charge in [-0.25, -0.2) is 0 Å². The van der Waals surface area contributed by atoms with Gasteiger partial charge in [0.2, 0.25) is 11.8 Å². The summed E-state index contributed by atoms with van der Waals surface area (Å²) in [6.07, 6.45) is 5.88. The summed E-state index contributed by atoms with van der Waals surface area (Å²) < 4.78 is 1.72. The third-order valence-corrected chi connectivity index (χ3v) is 5.31. The monoisotopic (exact) mass is 396 g/mol. The number of hydrogen-bond acceptors (Lipinski definition) is 4. The molecule has 1 aliphatic carbocycles. The Morgan fingerprint density at radius 1 is 1.28 bits per heavy atom. The van der Waals surface area contributed by atoms with Gasteiger partial charge in [-0.1, -0.05) is 30.3 Å². The number of carbonyl (C=O) groups excluding carboxylic acids is 2. The molecule has 3 N–H and O–H groups in total. The van der Waals surface area contributed by atoms with Gasteiger partial charge < -0.3 is 15.7 Å². The van der Waals surface area contributed by atoms with E-state index >= 15 is 0 Å². The third-order valence-electron chi connectivity index (χ3n) is 5.31. The number of amides is 2. The zero-order valence-electron chi connectivity index (χ0n) is 16.8. The molecule has 7 nitrogen and oxygen atoms in total. The van der Waals surface area contributed by atoms with E-state index in [1.807, 2.05) is 50.5 Å². The Morgan fingerprint density at radius 3 is 2.69 bits per heavy atom. The van der Waals surface area contributed by atoms with Crippen molar-refractivity contribution in [1.29, 1.82) is 0 Å². The molecule has 1 aliphatic rings. The molecule has 2 aromatic rings. The predicted molar refractivity (Wildman–Crippen MR) is 111 cm³/mol. The van der Waals surface area contributed by atoms with Crippen molar-refractivity contribution in [3.8, 4) is 0 Å². The number of aromatic nitrogens is 2. The molecule has 2 amide bonds. The summed E-state index contributed by atoms with van der Waals surface area (Å²) in [5.41, 5.74) is 2.81. The number of nitrogens with one attached hydrogen (secondary N) is 2. The van der Waals surface area contributed by atoms with Gasteiger partial charge in [0.15, 0.2) is 0 Å². The second-order valence-electron chi connectivity index (χ2n) is 7.57. The van der Waals surface area contributed by atoms with Crippen molar-refractivity contribution in [3.63, 3.8) is 0 Å². The smallest absolute Gasteiger partial charge is 0.244 e. The number of hydrogen-bond donors (Lipinski definition) is 3. The van der Waals surface area contributed by atoms with Gasteiger partial charge >= 0.3 is 0 Å². The van der Waals surface area contributed by atoms with E-state index in [0.717, 1.165) is 16.8 Å². The highest BCUT2D eigenvalue weighted by molar-refractivity contribution is 5.92. The summed E-state index contributed by atoms with van der Waals surface area (Å²) in [6.45, 7) is 2.33. The van der Waals surface area contributed by atoms with Crippen molar-refractivity contribution >= 4 is 17.9 Å². The van der Waals surface area contributed by atoms with E-state index < -0.39 is 6.10 Å². The molecule has 7 heteroatoms. The lowest BCUT2D eigenvalue weighted by molar-refractivity contribution is -0.128. The molecule has 1 fully saturated rings. The highest BCUT2D eigenvalue weighted by Crippen LogP contribution is 2.25. The van der Waals surface area contributed by atoms with Gasteiger partial charge in [0, 0.05) is 37.3 Å². The second-order valence-corrected chi connectivity index (χ2v) is 7.57. The first-order valence-electron chi connectivity index (χ1n) is 9.91. The lowest BCUT2D eigenvalue weighted by atomic mass is 9.83. The van der Waals surface area contributed by atoms with E-state index in [9.17, 15) is 14.7 Å². The van der Waals surface area contributed by atoms with E-state index in [4.69, 9.17) is 0 Å². The van der Waals surface area contributed by atoms with Gasteiger partial charge in [-0.3, -0.25) is 14.3 Å². The van der Waals surface area contributed by atoms with Gasteiger partial charge in [0.05, 0.1) is 17.8 Å². The molecule has 0 spiro atoms. The maximum Gasteiger partial charge on any atom is 0.244 e. The van der Waals surface area contributed by atoms with Crippen LogP contribution in [0.3, 0.4) is 0 Å². The van der Waals surface area contributed by atoms with Crippen molar-refractivity contribution in [3.05, 3.63) is 59.4 Å². The number of aryl methyl sites for hydroxylation is 2. The van der Waals surface area contributed by atoms with Gasteiger partial charge in [-0.2, -0.15) is 5.10 Å². The van der Waals surface area contributed by atoms with Crippen LogP contribution in [0.5, 0.6) is 0 Å². The fraction of sp³-hybridized carbons (Fsp3) is 0.409. The highest BCUT2D eigenvalue weighted by Gasteiger charge is 2.33. The lowest BCUT2D eigenvalue weighted by Crippen LogP contribution is -2.48. The first-order chi connectivity index (χ1) is 13.9. The zero-order valence-corrected chi connectivity index (χ0v) is 16.8. The van der Waals surface area contributed by atoms with Crippen molar-refractivity contribution in [2.45, 2.75) is 44.9 Å². The van der Waals surface area contributed by atoms with Crippen LogP contribution in [0.1, 0.15) is 36.1 Å². The van der Waals surface area contributed by atoms with Crippen LogP contribution in [0.2, 0.25) is 0 Å². The summed E-state index contributed by atoms with van der Waals surface area (Å²) in [4.78, 5) is 24.6. The van der Waals surface area contributed by atoms with Crippen LogP contribution in [0.4, 0.5) is 0 Å². The second kappa shape index (κ2) is 9.52. The van der Waals surface area contributed by atoms with Gasteiger partial charge in [0.25, 0.3) is 0 Å². The summed E-state index contributed by atoms with van der Waals surface area (Å²) in [5, 5.41) is 20.5. The number of carbonyl (C=O) groups is 2. The summed E-state index contributed by atoms with van der Waals surface area (Å²) in [5.74, 6) is -0.566. The average molecular weight is 396 g/mol. The summed E-state index contributed by atoms with van der Waals surface area (Å²) in [7, 11) is 1.85. The minimum Gasteiger partial charge on any atom is -0.391 e. The van der Waals surface area contributed by atoms with Crippen molar-refractivity contribution in [2.24, 2.45) is 13.0 Å². The van der Waals surface area contributed by atoms with E-state index in [1.165, 1.54) is 6.08 Å². The molecule has 0 bridgehead atoms. The van der Waals surface area contributed by atoms with Gasteiger partial charge in [0.1, 0.15) is 0 Å². The van der Waals surface area contributed by atoms with Crippen molar-refractivity contribution in [1.82, 2.24) is 20.4 Å². The van der Waals surface area contributed by atoms with Crippen molar-refractivity contribution in [2.75, 3.05) is 0 Å². The fourth-order valence-electron chi connectivity index (χ4n) is 3.67. The fourth-order valence-corrected chi connectivity index (χ4v) is 3.67. The molecule has 0 saturated heterocycles. The Kier molecular flexibility index (Phi) is 6.82. The molecule has 0 unspecified atom stereocenters. The Balaban J connectivity index is 1.45. The molecular formula is C22H28N4O3. The quantitative estimate of drug-likeness (QED) is 0.648. The van der Waals surface area contributed by atoms with Crippen LogP contribution in [0.15, 0.2) is 42.6 Å². The number of aliphatic hydroxyl groups excluding tert-OH is 1. The van der Waals surface area contributed by atoms with Crippen LogP contribution in [0, 0.1) is 12.8 Å². The average Bonchev–Trinajstić information content (AvgIpc) is 3.04. The number of aliphatic hydroxyl groups is 1. The van der Waals surface area contributed by atoms with E-state index in [1.54, 1.807) is 10.8 Å². The topological polar surface area (TPSA) is 96.3 Å². The molecule has 1 aromatic carbocycles. The Labute approximate surface area is 170 Å². The number of nitrogens with zero attached hydrogens (tertiary/aromatic N) is 2. The summed E-state index contributed by atoms with van der Waals surface area (Å²) in [6, 6.07) is 9.21. The molecule has 29 heavy (non-hydrogen) atoms. The van der Waals surface area contributed by atoms with E-state index in [2.05, 4.69) is 15.7 Å². The van der Waals surface area contributed by atoms with Crippen molar-refractivity contribution < 1.29 is 14.7 Å². The largest absolute Gasteiger partial charge is 0.391 e. The predicted octanol–water partition coefficient (Wildman–Crippen LogP) is 1.70. The van der Waals surface area contributed by atoms with Crippen LogP contribution in [-0.2, 0) is 23.2 Å². The maximum absolute atomic E-state index is 12.5. The molecule has 3 rings (SSSR count). The molecule has 1 aromatic heterocycles. The Hall–Kier alpha value is -2.93. The van der Waals surface area contributed by atoms with E-state index in [0.29, 0.717) is 25.8 Å². The SMILES string of the molecule is Cc1nn(C)cc1CNC(=O)[C@H]1CC[C@@H](NC(=O)C=Cc2ccccc2)[C@H](O)C1. The lowest BCUT2D eigenvalue weighted by Gasteiger charge is -2.32. The summed E-state index contributed by atoms with van der Waals surface area (Å²) >= 11 is 0. The number of rotatable bonds is 6. The maximum atomic E-state index is 12.5. The van der Waals surface area contributed by atoms with Crippen LogP contribution in [-0.4, -0.2) is 38.8 Å². The Bertz CT molecular complexity index is 875. The molecular weight excluding hydrogens is 368 g/mol. The minimum absolute atomic E-state index is 0.0685.